The van der Waals surface area contributed by atoms with Gasteiger partial charge in [-0.05, 0) is 37.8 Å². The molecule has 1 heterocycles. The van der Waals surface area contributed by atoms with Crippen molar-refractivity contribution in [3.63, 3.8) is 0 Å². The number of fused-ring (bicyclic) bond motifs is 1. The molecule has 0 aromatic carbocycles. The zero-order valence-corrected chi connectivity index (χ0v) is 10.3. The van der Waals surface area contributed by atoms with Gasteiger partial charge in [-0.15, -0.1) is 0 Å². The Morgan fingerprint density at radius 3 is 3.24 bits per heavy atom. The topological polar surface area (TPSA) is 51.2 Å². The average Bonchev–Trinajstić information content (AvgIpc) is 2.38. The smallest absolute Gasteiger partial charge is 0.322 e. The molecule has 1 aliphatic rings. The molecule has 0 bridgehead atoms. The van der Waals surface area contributed by atoms with Crippen LogP contribution in [0.1, 0.15) is 37.1 Å². The normalized spacial score (nSPS) is 20.5. The summed E-state index contributed by atoms with van der Waals surface area (Å²) in [6.07, 6.45) is 5.03. The third-order valence-corrected chi connectivity index (χ3v) is 3.20. The first kappa shape index (κ1) is 12.0. The summed E-state index contributed by atoms with van der Waals surface area (Å²) in [6.45, 7) is 1.82. The lowest BCUT2D eigenvalue weighted by molar-refractivity contribution is -0.142. The van der Waals surface area contributed by atoms with Crippen LogP contribution < -0.4 is 5.32 Å². The number of carbonyl (C=O) groups excluding carboxylic acids is 1. The predicted molar refractivity (Wildman–Crippen MR) is 64.5 cm³/mol. The molecule has 1 aromatic heterocycles. The van der Waals surface area contributed by atoms with E-state index in [1.165, 1.54) is 12.7 Å². The van der Waals surface area contributed by atoms with E-state index in [4.69, 9.17) is 4.74 Å². The lowest BCUT2D eigenvalue weighted by Crippen LogP contribution is -2.39. The molecule has 0 aliphatic heterocycles. The summed E-state index contributed by atoms with van der Waals surface area (Å²) in [4.78, 5) is 15.8. The van der Waals surface area contributed by atoms with Gasteiger partial charge in [-0.1, -0.05) is 6.07 Å². The number of hydrogen-bond acceptors (Lipinski definition) is 4. The van der Waals surface area contributed by atoms with Crippen molar-refractivity contribution in [3.05, 3.63) is 29.6 Å². The van der Waals surface area contributed by atoms with Gasteiger partial charge in [0, 0.05) is 6.20 Å². The van der Waals surface area contributed by atoms with Crippen molar-refractivity contribution in [3.8, 4) is 0 Å². The number of nitrogens with zero attached hydrogens (tertiary/aromatic N) is 1. The zero-order valence-electron chi connectivity index (χ0n) is 10.3. The Morgan fingerprint density at radius 2 is 2.47 bits per heavy atom. The van der Waals surface area contributed by atoms with Crippen molar-refractivity contribution < 1.29 is 9.53 Å². The number of hydrogen-bond donors (Lipinski definition) is 1. The maximum absolute atomic E-state index is 11.4. The van der Waals surface area contributed by atoms with E-state index < -0.39 is 0 Å². The van der Waals surface area contributed by atoms with Crippen LogP contribution >= 0.6 is 0 Å². The van der Waals surface area contributed by atoms with E-state index in [-0.39, 0.29) is 18.1 Å². The summed E-state index contributed by atoms with van der Waals surface area (Å²) in [7, 11) is 1.41. The molecule has 0 amide bonds. The molecule has 17 heavy (non-hydrogen) atoms. The van der Waals surface area contributed by atoms with Crippen molar-refractivity contribution >= 4 is 5.97 Å². The van der Waals surface area contributed by atoms with E-state index in [1.807, 2.05) is 19.2 Å². The minimum atomic E-state index is -0.294. The molecule has 0 saturated heterocycles. The van der Waals surface area contributed by atoms with Gasteiger partial charge in [0.15, 0.2) is 0 Å². The van der Waals surface area contributed by atoms with Crippen molar-refractivity contribution in [2.75, 3.05) is 7.11 Å². The molecule has 0 radical (unpaired) electrons. The second kappa shape index (κ2) is 5.27. The molecule has 4 nitrogen and oxygen atoms in total. The Hall–Kier alpha value is -1.42. The van der Waals surface area contributed by atoms with Crippen LogP contribution in [0, 0.1) is 0 Å². The van der Waals surface area contributed by atoms with Gasteiger partial charge in [-0.25, -0.2) is 0 Å². The van der Waals surface area contributed by atoms with Gasteiger partial charge < -0.3 is 4.74 Å². The summed E-state index contributed by atoms with van der Waals surface area (Å²) in [5.74, 6) is -0.229. The van der Waals surface area contributed by atoms with Crippen molar-refractivity contribution in [1.82, 2.24) is 10.3 Å². The standard InChI is InChI=1S/C13H18N2O2/c1-9(13(16)17-2)15-11-7-3-5-10-6-4-8-14-12(10)11/h4,6,8-9,11,15H,3,5,7H2,1-2H3/t9-,11?/m0/s1. The molecular formula is C13H18N2O2. The molecule has 0 fully saturated rings. The number of aryl methyl sites for hydroxylation is 1. The van der Waals surface area contributed by atoms with Crippen LogP contribution in [-0.4, -0.2) is 24.1 Å². The Bertz CT molecular complexity index is 406. The minimum absolute atomic E-state index is 0.161. The molecule has 4 heteroatoms. The number of rotatable bonds is 3. The third kappa shape index (κ3) is 2.64. The first-order chi connectivity index (χ1) is 8.22. The quantitative estimate of drug-likeness (QED) is 0.807. The number of pyridine rings is 1. The molecule has 2 atom stereocenters. The summed E-state index contributed by atoms with van der Waals surface area (Å²) >= 11 is 0. The lowest BCUT2D eigenvalue weighted by atomic mass is 9.91. The van der Waals surface area contributed by atoms with E-state index in [1.54, 1.807) is 0 Å². The largest absolute Gasteiger partial charge is 0.468 e. The number of carbonyl (C=O) groups is 1. The lowest BCUT2D eigenvalue weighted by Gasteiger charge is -2.27. The number of methoxy groups -OCH3 is 1. The Kier molecular flexibility index (Phi) is 3.74. The van der Waals surface area contributed by atoms with Gasteiger partial charge in [0.05, 0.1) is 18.8 Å². The zero-order chi connectivity index (χ0) is 12.3. The van der Waals surface area contributed by atoms with Gasteiger partial charge >= 0.3 is 5.97 Å². The summed E-state index contributed by atoms with van der Waals surface area (Å²) in [5.41, 5.74) is 2.36. The average molecular weight is 234 g/mol. The Balaban J connectivity index is 2.11. The van der Waals surface area contributed by atoms with Crippen LogP contribution in [-0.2, 0) is 16.0 Å². The highest BCUT2D eigenvalue weighted by Crippen LogP contribution is 2.27. The Labute approximate surface area is 101 Å². The van der Waals surface area contributed by atoms with Crippen LogP contribution in [0.3, 0.4) is 0 Å². The fourth-order valence-corrected chi connectivity index (χ4v) is 2.32. The van der Waals surface area contributed by atoms with E-state index in [9.17, 15) is 4.79 Å². The highest BCUT2D eigenvalue weighted by atomic mass is 16.5. The van der Waals surface area contributed by atoms with E-state index >= 15 is 0 Å². The second-order valence-corrected chi connectivity index (χ2v) is 4.40. The van der Waals surface area contributed by atoms with Crippen LogP contribution in [0.15, 0.2) is 18.3 Å². The van der Waals surface area contributed by atoms with Crippen LogP contribution in [0.25, 0.3) is 0 Å². The van der Waals surface area contributed by atoms with E-state index in [2.05, 4.69) is 16.4 Å². The van der Waals surface area contributed by atoms with Crippen LogP contribution in [0.4, 0.5) is 0 Å². The predicted octanol–water partition coefficient (Wildman–Crippen LogP) is 1.61. The molecule has 1 N–H and O–H groups in total. The highest BCUT2D eigenvalue weighted by molar-refractivity contribution is 5.75. The molecular weight excluding hydrogens is 216 g/mol. The van der Waals surface area contributed by atoms with Gasteiger partial charge in [0.2, 0.25) is 0 Å². The van der Waals surface area contributed by atoms with Crippen molar-refractivity contribution in [2.24, 2.45) is 0 Å². The number of nitrogens with one attached hydrogen (secondary N) is 1. The SMILES string of the molecule is COC(=O)[C@H](C)NC1CCCc2cccnc21. The maximum atomic E-state index is 11.4. The molecule has 1 aromatic rings. The summed E-state index contributed by atoms with van der Waals surface area (Å²) < 4.78 is 4.72. The fourth-order valence-electron chi connectivity index (χ4n) is 2.32. The molecule has 92 valence electrons. The maximum Gasteiger partial charge on any atom is 0.322 e. The summed E-state index contributed by atoms with van der Waals surface area (Å²) in [6, 6.07) is 3.94. The minimum Gasteiger partial charge on any atom is -0.468 e. The number of esters is 1. The van der Waals surface area contributed by atoms with Gasteiger partial charge in [0.25, 0.3) is 0 Å². The van der Waals surface area contributed by atoms with Gasteiger partial charge in [0.1, 0.15) is 6.04 Å². The van der Waals surface area contributed by atoms with Crippen molar-refractivity contribution in [1.29, 1.82) is 0 Å². The third-order valence-electron chi connectivity index (χ3n) is 3.20. The van der Waals surface area contributed by atoms with E-state index in [0.717, 1.165) is 25.0 Å². The van der Waals surface area contributed by atoms with Crippen LogP contribution in [0.5, 0.6) is 0 Å². The van der Waals surface area contributed by atoms with Gasteiger partial charge in [-0.2, -0.15) is 0 Å². The van der Waals surface area contributed by atoms with Crippen molar-refractivity contribution in [2.45, 2.75) is 38.3 Å². The molecule has 2 rings (SSSR count). The molecule has 1 aliphatic carbocycles. The summed E-state index contributed by atoms with van der Waals surface area (Å²) in [5, 5.41) is 3.29. The monoisotopic (exact) mass is 234 g/mol. The second-order valence-electron chi connectivity index (χ2n) is 4.40. The highest BCUT2D eigenvalue weighted by Gasteiger charge is 2.24. The first-order valence-electron chi connectivity index (χ1n) is 6.00. The number of aromatic nitrogens is 1. The molecule has 0 saturated carbocycles. The number of ether oxygens (including phenoxy) is 1. The van der Waals surface area contributed by atoms with Gasteiger partial charge in [-0.3, -0.25) is 15.1 Å². The van der Waals surface area contributed by atoms with Crippen LogP contribution in [0.2, 0.25) is 0 Å². The van der Waals surface area contributed by atoms with E-state index in [0.29, 0.717) is 0 Å². The molecule has 0 spiro atoms. The fraction of sp³-hybridized carbons (Fsp3) is 0.538. The Morgan fingerprint density at radius 1 is 1.65 bits per heavy atom. The first-order valence-corrected chi connectivity index (χ1v) is 6.00. The molecule has 1 unspecified atom stereocenters.